The highest BCUT2D eigenvalue weighted by atomic mass is 19.1. The number of carbonyl (C=O) groups is 2. The predicted octanol–water partition coefficient (Wildman–Crippen LogP) is 4.20. The number of aromatic amines is 1. The number of nitrogens with zero attached hydrogens (tertiary/aromatic N) is 2. The van der Waals surface area contributed by atoms with Crippen molar-refractivity contribution in [1.82, 2.24) is 20.2 Å². The molecule has 2 aromatic heterocycles. The number of likely N-dealkylation sites (tertiary alicyclic amines) is 1. The van der Waals surface area contributed by atoms with E-state index < -0.39 is 11.4 Å². The molecule has 3 aromatic rings. The average molecular weight is 520 g/mol. The van der Waals surface area contributed by atoms with E-state index in [1.807, 2.05) is 6.92 Å². The molecule has 38 heavy (non-hydrogen) atoms. The Morgan fingerprint density at radius 2 is 2.21 bits per heavy atom. The van der Waals surface area contributed by atoms with E-state index in [-0.39, 0.29) is 24.2 Å². The van der Waals surface area contributed by atoms with Crippen LogP contribution in [0.3, 0.4) is 0 Å². The Bertz CT molecular complexity index is 1400. The topological polar surface area (TPSA) is 109 Å². The first kappa shape index (κ1) is 25.3. The van der Waals surface area contributed by atoms with E-state index >= 15 is 0 Å². The Kier molecular flexibility index (Phi) is 6.79. The van der Waals surface area contributed by atoms with Gasteiger partial charge in [-0.2, -0.15) is 0 Å². The van der Waals surface area contributed by atoms with Crippen molar-refractivity contribution in [3.8, 4) is 22.8 Å². The van der Waals surface area contributed by atoms with Gasteiger partial charge in [0, 0.05) is 37.0 Å². The SMILES string of the molecule is C=CC(=O)N1CCC[C@]1(C)COc1cnccc1-c1[nH]c2c(c1Nc1cccc(F)c1OC)C(=O)NCC2. The zero-order chi connectivity index (χ0) is 26.9. The first-order valence-corrected chi connectivity index (χ1v) is 12.5. The molecule has 0 unspecified atom stereocenters. The van der Waals surface area contributed by atoms with Gasteiger partial charge in [0.15, 0.2) is 11.6 Å². The fraction of sp³-hybridized carbons (Fsp3) is 0.321. The molecule has 2 aliphatic rings. The molecule has 4 heterocycles. The van der Waals surface area contributed by atoms with Gasteiger partial charge in [-0.1, -0.05) is 12.6 Å². The Labute approximate surface area is 220 Å². The smallest absolute Gasteiger partial charge is 0.255 e. The number of benzene rings is 1. The maximum atomic E-state index is 14.5. The third-order valence-corrected chi connectivity index (χ3v) is 7.18. The van der Waals surface area contributed by atoms with E-state index in [2.05, 4.69) is 27.2 Å². The van der Waals surface area contributed by atoms with E-state index in [9.17, 15) is 14.0 Å². The van der Waals surface area contributed by atoms with Gasteiger partial charge >= 0.3 is 0 Å². The van der Waals surface area contributed by atoms with E-state index in [1.165, 1.54) is 19.3 Å². The molecule has 10 heteroatoms. The highest BCUT2D eigenvalue weighted by molar-refractivity contribution is 6.06. The van der Waals surface area contributed by atoms with Gasteiger partial charge in [0.05, 0.1) is 41.5 Å². The van der Waals surface area contributed by atoms with Crippen LogP contribution in [0, 0.1) is 5.82 Å². The van der Waals surface area contributed by atoms with Gasteiger partial charge in [-0.15, -0.1) is 0 Å². The number of amides is 2. The lowest BCUT2D eigenvalue weighted by Gasteiger charge is -2.34. The van der Waals surface area contributed by atoms with Crippen molar-refractivity contribution < 1.29 is 23.5 Å². The molecule has 9 nitrogen and oxygen atoms in total. The number of hydrogen-bond acceptors (Lipinski definition) is 6. The largest absolute Gasteiger partial charge is 0.492 e. The summed E-state index contributed by atoms with van der Waals surface area (Å²) in [6.07, 6.45) is 6.85. The first-order valence-electron chi connectivity index (χ1n) is 12.5. The number of para-hydroxylation sites is 1. The number of aromatic nitrogens is 2. The monoisotopic (exact) mass is 519 g/mol. The van der Waals surface area contributed by atoms with Gasteiger partial charge in [0.2, 0.25) is 5.91 Å². The van der Waals surface area contributed by atoms with E-state index in [4.69, 9.17) is 9.47 Å². The van der Waals surface area contributed by atoms with Crippen molar-refractivity contribution in [3.63, 3.8) is 0 Å². The van der Waals surface area contributed by atoms with Crippen molar-refractivity contribution in [2.45, 2.75) is 31.7 Å². The Hall–Kier alpha value is -4.34. The van der Waals surface area contributed by atoms with Crippen LogP contribution in [0.15, 0.2) is 49.3 Å². The third-order valence-electron chi connectivity index (χ3n) is 7.18. The van der Waals surface area contributed by atoms with Gasteiger partial charge in [0.1, 0.15) is 12.4 Å². The molecule has 1 saturated heterocycles. The second-order valence-corrected chi connectivity index (χ2v) is 9.64. The van der Waals surface area contributed by atoms with Crippen LogP contribution in [0.25, 0.3) is 11.3 Å². The number of ether oxygens (including phenoxy) is 2. The summed E-state index contributed by atoms with van der Waals surface area (Å²) < 4.78 is 26.1. The van der Waals surface area contributed by atoms with Crippen LogP contribution in [-0.4, -0.2) is 59.0 Å². The molecule has 3 N–H and O–H groups in total. The number of hydrogen-bond donors (Lipinski definition) is 3. The molecular weight excluding hydrogens is 489 g/mol. The molecule has 0 spiro atoms. The molecular formula is C28H30FN5O4. The molecule has 198 valence electrons. The number of halogens is 1. The first-order chi connectivity index (χ1) is 18.4. The second-order valence-electron chi connectivity index (χ2n) is 9.64. The third kappa shape index (κ3) is 4.46. The molecule has 2 amide bonds. The molecule has 5 rings (SSSR count). The summed E-state index contributed by atoms with van der Waals surface area (Å²) in [5.41, 5.74) is 2.84. The summed E-state index contributed by atoms with van der Waals surface area (Å²) >= 11 is 0. The van der Waals surface area contributed by atoms with Crippen molar-refractivity contribution in [3.05, 3.63) is 66.4 Å². The van der Waals surface area contributed by atoms with E-state index in [0.717, 1.165) is 18.5 Å². The zero-order valence-electron chi connectivity index (χ0n) is 21.4. The quantitative estimate of drug-likeness (QED) is 0.385. The molecule has 0 radical (unpaired) electrons. The minimum absolute atomic E-state index is 0.0388. The zero-order valence-corrected chi connectivity index (χ0v) is 21.4. The molecule has 0 aliphatic carbocycles. The van der Waals surface area contributed by atoms with Crippen LogP contribution in [0.1, 0.15) is 35.8 Å². The van der Waals surface area contributed by atoms with Gasteiger partial charge in [-0.3, -0.25) is 14.6 Å². The lowest BCUT2D eigenvalue weighted by Crippen LogP contribution is -2.48. The summed E-state index contributed by atoms with van der Waals surface area (Å²) in [5, 5.41) is 6.11. The average Bonchev–Trinajstić information content (AvgIpc) is 3.49. The Balaban J connectivity index is 1.55. The van der Waals surface area contributed by atoms with E-state index in [0.29, 0.717) is 53.5 Å². The van der Waals surface area contributed by atoms with Crippen molar-refractivity contribution in [2.24, 2.45) is 0 Å². The fourth-order valence-corrected chi connectivity index (χ4v) is 5.25. The number of pyridine rings is 1. The van der Waals surface area contributed by atoms with Crippen LogP contribution < -0.4 is 20.1 Å². The summed E-state index contributed by atoms with van der Waals surface area (Å²) in [4.78, 5) is 34.8. The Morgan fingerprint density at radius 1 is 1.37 bits per heavy atom. The lowest BCUT2D eigenvalue weighted by molar-refractivity contribution is -0.130. The van der Waals surface area contributed by atoms with Gasteiger partial charge < -0.3 is 30.0 Å². The second kappa shape index (κ2) is 10.2. The van der Waals surface area contributed by atoms with Crippen LogP contribution in [0.4, 0.5) is 15.8 Å². The normalized spacial score (nSPS) is 18.5. The summed E-state index contributed by atoms with van der Waals surface area (Å²) in [7, 11) is 1.39. The molecule has 0 saturated carbocycles. The highest BCUT2D eigenvalue weighted by Gasteiger charge is 2.40. The van der Waals surface area contributed by atoms with Crippen molar-refractivity contribution in [1.29, 1.82) is 0 Å². The number of anilines is 2. The standard InChI is InChI=1S/C28H30FN5O4/c1-4-22(35)34-14-6-11-28(34,2)16-38-21-15-30-12-9-17(21)24-25(23-19(32-24)10-13-31-27(23)36)33-20-8-5-7-18(29)26(20)37-3/h4-5,7-9,12,15,32-33H,1,6,10-11,13-14,16H2,2-3H3,(H,31,36)/t28-/m1/s1. The maximum absolute atomic E-state index is 14.5. The number of H-pyrrole nitrogens is 1. The Morgan fingerprint density at radius 3 is 3.00 bits per heavy atom. The minimum Gasteiger partial charge on any atom is -0.492 e. The lowest BCUT2D eigenvalue weighted by atomic mass is 10.00. The summed E-state index contributed by atoms with van der Waals surface area (Å²) in [5.74, 6) is -0.361. The van der Waals surface area contributed by atoms with Gasteiger partial charge in [-0.05, 0) is 44.0 Å². The van der Waals surface area contributed by atoms with Crippen LogP contribution in [0.2, 0.25) is 0 Å². The van der Waals surface area contributed by atoms with Crippen LogP contribution in [0.5, 0.6) is 11.5 Å². The minimum atomic E-state index is -0.524. The van der Waals surface area contributed by atoms with Crippen molar-refractivity contribution in [2.75, 3.05) is 32.1 Å². The molecule has 1 atom stereocenters. The number of nitrogens with one attached hydrogen (secondary N) is 3. The molecule has 1 aromatic carbocycles. The predicted molar refractivity (Wildman–Crippen MR) is 141 cm³/mol. The van der Waals surface area contributed by atoms with Crippen LogP contribution in [-0.2, 0) is 11.2 Å². The van der Waals surface area contributed by atoms with Gasteiger partial charge in [-0.25, -0.2) is 4.39 Å². The highest BCUT2D eigenvalue weighted by Crippen LogP contribution is 2.42. The van der Waals surface area contributed by atoms with Gasteiger partial charge in [0.25, 0.3) is 5.91 Å². The number of rotatable bonds is 8. The molecule has 0 bridgehead atoms. The molecule has 1 fully saturated rings. The van der Waals surface area contributed by atoms with Crippen molar-refractivity contribution >= 4 is 23.2 Å². The number of methoxy groups -OCH3 is 1. The number of carbonyl (C=O) groups excluding carboxylic acids is 2. The number of fused-ring (bicyclic) bond motifs is 1. The maximum Gasteiger partial charge on any atom is 0.255 e. The summed E-state index contributed by atoms with van der Waals surface area (Å²) in [6.45, 7) is 7.02. The fourth-order valence-electron chi connectivity index (χ4n) is 5.25. The van der Waals surface area contributed by atoms with Crippen LogP contribution >= 0.6 is 0 Å². The summed E-state index contributed by atoms with van der Waals surface area (Å²) in [6, 6.07) is 6.35. The van der Waals surface area contributed by atoms with E-state index in [1.54, 1.807) is 35.5 Å². The molecule has 2 aliphatic heterocycles.